The molecule has 0 aromatic heterocycles. The van der Waals surface area contributed by atoms with E-state index in [4.69, 9.17) is 22.1 Å². The summed E-state index contributed by atoms with van der Waals surface area (Å²) in [5, 5.41) is 0.434. The molecule has 2 rings (SSSR count). The Hall–Kier alpha value is -1.06. The van der Waals surface area contributed by atoms with Gasteiger partial charge in [-0.1, -0.05) is 11.6 Å². The molecule has 0 amide bonds. The molecule has 0 bridgehead atoms. The van der Waals surface area contributed by atoms with Gasteiger partial charge in [0, 0.05) is 17.5 Å². The molecule has 0 unspecified atom stereocenters. The first-order valence-corrected chi connectivity index (χ1v) is 5.59. The van der Waals surface area contributed by atoms with Gasteiger partial charge in [-0.3, -0.25) is 4.79 Å². The number of carbonyl (C=O) groups excluding carboxylic acids is 1. The molecule has 0 heterocycles. The molecule has 1 aromatic carbocycles. The van der Waals surface area contributed by atoms with Crippen LogP contribution in [0, 0.1) is 5.41 Å². The molecule has 0 atom stereocenters. The topological polar surface area (TPSA) is 52.3 Å². The molecule has 1 aliphatic rings. The maximum Gasteiger partial charge on any atom is 0.171 e. The van der Waals surface area contributed by atoms with Gasteiger partial charge in [0.25, 0.3) is 0 Å². The highest BCUT2D eigenvalue weighted by Crippen LogP contribution is 2.48. The number of hydrogen-bond acceptors (Lipinski definition) is 3. The molecular weight excluding hydrogens is 226 g/mol. The summed E-state index contributed by atoms with van der Waals surface area (Å²) in [5.74, 6) is 0.710. The Labute approximate surface area is 99.5 Å². The zero-order chi connectivity index (χ0) is 11.8. The average molecular weight is 240 g/mol. The Morgan fingerprint density at radius 2 is 2.25 bits per heavy atom. The highest BCUT2D eigenvalue weighted by atomic mass is 35.5. The van der Waals surface area contributed by atoms with Crippen LogP contribution < -0.4 is 10.5 Å². The first-order valence-electron chi connectivity index (χ1n) is 5.21. The minimum Gasteiger partial charge on any atom is -0.497 e. The van der Waals surface area contributed by atoms with Crippen molar-refractivity contribution < 1.29 is 9.53 Å². The van der Waals surface area contributed by atoms with Gasteiger partial charge in [0.15, 0.2) is 5.78 Å². The first kappa shape index (κ1) is 11.4. The first-order chi connectivity index (χ1) is 7.63. The fourth-order valence-electron chi connectivity index (χ4n) is 1.77. The number of rotatable bonds is 4. The molecule has 16 heavy (non-hydrogen) atoms. The van der Waals surface area contributed by atoms with Crippen LogP contribution in [0.4, 0.5) is 0 Å². The monoisotopic (exact) mass is 239 g/mol. The molecule has 4 heteroatoms. The zero-order valence-corrected chi connectivity index (χ0v) is 9.88. The van der Waals surface area contributed by atoms with Crippen molar-refractivity contribution in [3.8, 4) is 5.75 Å². The lowest BCUT2D eigenvalue weighted by Gasteiger charge is -2.12. The number of methoxy groups -OCH3 is 1. The number of halogens is 1. The Morgan fingerprint density at radius 1 is 1.56 bits per heavy atom. The smallest absolute Gasteiger partial charge is 0.171 e. The van der Waals surface area contributed by atoms with E-state index in [-0.39, 0.29) is 11.2 Å². The third kappa shape index (κ3) is 1.81. The zero-order valence-electron chi connectivity index (χ0n) is 9.13. The Balaban J connectivity index is 2.31. The van der Waals surface area contributed by atoms with E-state index in [1.54, 1.807) is 25.3 Å². The van der Waals surface area contributed by atoms with Crippen LogP contribution in [0.15, 0.2) is 18.2 Å². The van der Waals surface area contributed by atoms with Gasteiger partial charge in [0.05, 0.1) is 12.1 Å². The van der Waals surface area contributed by atoms with E-state index in [0.29, 0.717) is 22.9 Å². The molecule has 1 aliphatic carbocycles. The molecule has 2 N–H and O–H groups in total. The van der Waals surface area contributed by atoms with E-state index in [1.165, 1.54) is 0 Å². The van der Waals surface area contributed by atoms with Crippen LogP contribution in [0.25, 0.3) is 0 Å². The van der Waals surface area contributed by atoms with E-state index < -0.39 is 0 Å². The largest absolute Gasteiger partial charge is 0.497 e. The fraction of sp³-hybridized carbons (Fsp3) is 0.417. The summed E-state index contributed by atoms with van der Waals surface area (Å²) in [4.78, 5) is 12.2. The normalized spacial score (nSPS) is 16.9. The molecule has 86 valence electrons. The van der Waals surface area contributed by atoms with Gasteiger partial charge < -0.3 is 10.5 Å². The van der Waals surface area contributed by atoms with Crippen LogP contribution in [0.3, 0.4) is 0 Å². The molecule has 1 saturated carbocycles. The SMILES string of the molecule is COc1ccc(C(=O)C2(CN)CC2)c(Cl)c1. The quantitative estimate of drug-likeness (QED) is 0.820. The lowest BCUT2D eigenvalue weighted by Crippen LogP contribution is -2.25. The van der Waals surface area contributed by atoms with Crippen molar-refractivity contribution in [3.63, 3.8) is 0 Å². The van der Waals surface area contributed by atoms with Crippen LogP contribution in [0.5, 0.6) is 5.75 Å². The number of carbonyl (C=O) groups is 1. The van der Waals surface area contributed by atoms with E-state index in [2.05, 4.69) is 0 Å². The minimum absolute atomic E-state index is 0.0580. The van der Waals surface area contributed by atoms with Crippen molar-refractivity contribution in [1.29, 1.82) is 0 Å². The predicted molar refractivity (Wildman–Crippen MR) is 63.1 cm³/mol. The van der Waals surface area contributed by atoms with Gasteiger partial charge in [-0.15, -0.1) is 0 Å². The van der Waals surface area contributed by atoms with Crippen molar-refractivity contribution in [2.24, 2.45) is 11.1 Å². The van der Waals surface area contributed by atoms with E-state index in [1.807, 2.05) is 0 Å². The molecule has 0 aliphatic heterocycles. The number of ketones is 1. The third-order valence-electron chi connectivity index (χ3n) is 3.15. The summed E-state index contributed by atoms with van der Waals surface area (Å²) in [7, 11) is 1.56. The maximum atomic E-state index is 12.2. The van der Waals surface area contributed by atoms with Crippen LogP contribution in [-0.4, -0.2) is 19.4 Å². The Morgan fingerprint density at radius 3 is 2.69 bits per heavy atom. The van der Waals surface area contributed by atoms with Crippen molar-refractivity contribution in [1.82, 2.24) is 0 Å². The van der Waals surface area contributed by atoms with Gasteiger partial charge in [-0.25, -0.2) is 0 Å². The summed E-state index contributed by atoms with van der Waals surface area (Å²) in [6.07, 6.45) is 1.73. The van der Waals surface area contributed by atoms with Crippen LogP contribution in [-0.2, 0) is 0 Å². The average Bonchev–Trinajstić information content (AvgIpc) is 3.09. The summed E-state index contributed by atoms with van der Waals surface area (Å²) in [6, 6.07) is 5.10. The minimum atomic E-state index is -0.349. The van der Waals surface area contributed by atoms with Gasteiger partial charge in [-0.2, -0.15) is 0 Å². The molecule has 1 fully saturated rings. The molecule has 1 aromatic rings. The van der Waals surface area contributed by atoms with E-state index in [0.717, 1.165) is 12.8 Å². The van der Waals surface area contributed by atoms with Crippen molar-refractivity contribution in [2.45, 2.75) is 12.8 Å². The van der Waals surface area contributed by atoms with Gasteiger partial charge in [0.2, 0.25) is 0 Å². The van der Waals surface area contributed by atoms with Crippen molar-refractivity contribution in [3.05, 3.63) is 28.8 Å². The van der Waals surface area contributed by atoms with E-state index in [9.17, 15) is 4.79 Å². The second-order valence-corrected chi connectivity index (χ2v) is 4.57. The number of ether oxygens (including phenoxy) is 1. The number of nitrogens with two attached hydrogens (primary N) is 1. The van der Waals surface area contributed by atoms with Crippen LogP contribution in [0.2, 0.25) is 5.02 Å². The fourth-order valence-corrected chi connectivity index (χ4v) is 2.02. The Bertz CT molecular complexity index is 427. The van der Waals surface area contributed by atoms with Crippen LogP contribution >= 0.6 is 11.6 Å². The third-order valence-corrected chi connectivity index (χ3v) is 3.46. The van der Waals surface area contributed by atoms with E-state index >= 15 is 0 Å². The molecular formula is C12H14ClNO2. The second-order valence-electron chi connectivity index (χ2n) is 4.16. The summed E-state index contributed by atoms with van der Waals surface area (Å²) >= 11 is 6.05. The van der Waals surface area contributed by atoms with Gasteiger partial charge >= 0.3 is 0 Å². The molecule has 0 radical (unpaired) electrons. The summed E-state index contributed by atoms with van der Waals surface area (Å²) in [5.41, 5.74) is 5.82. The number of hydrogen-bond donors (Lipinski definition) is 1. The van der Waals surface area contributed by atoms with Gasteiger partial charge in [0.1, 0.15) is 5.75 Å². The summed E-state index contributed by atoms with van der Waals surface area (Å²) in [6.45, 7) is 0.397. The molecule has 3 nitrogen and oxygen atoms in total. The lowest BCUT2D eigenvalue weighted by atomic mass is 9.95. The highest BCUT2D eigenvalue weighted by Gasteiger charge is 2.48. The highest BCUT2D eigenvalue weighted by molar-refractivity contribution is 6.34. The maximum absolute atomic E-state index is 12.2. The Kier molecular flexibility index (Phi) is 2.91. The second kappa shape index (κ2) is 4.07. The molecule has 0 spiro atoms. The molecule has 0 saturated heterocycles. The van der Waals surface area contributed by atoms with Crippen molar-refractivity contribution >= 4 is 17.4 Å². The van der Waals surface area contributed by atoms with Crippen LogP contribution in [0.1, 0.15) is 23.2 Å². The lowest BCUT2D eigenvalue weighted by molar-refractivity contribution is 0.0906. The standard InChI is InChI=1S/C12H14ClNO2/c1-16-8-2-3-9(10(13)6-8)11(15)12(7-14)4-5-12/h2-3,6H,4-5,7,14H2,1H3. The van der Waals surface area contributed by atoms with Gasteiger partial charge in [-0.05, 0) is 31.0 Å². The predicted octanol–water partition coefficient (Wildman–Crippen LogP) is 2.27. The number of Topliss-reactive ketones (excluding diaryl/α,β-unsaturated/α-hetero) is 1. The summed E-state index contributed by atoms with van der Waals surface area (Å²) < 4.78 is 5.04. The van der Waals surface area contributed by atoms with Crippen molar-refractivity contribution in [2.75, 3.05) is 13.7 Å². The number of benzene rings is 1.